The summed E-state index contributed by atoms with van der Waals surface area (Å²) >= 11 is 0. The van der Waals surface area contributed by atoms with Crippen molar-refractivity contribution in [2.45, 2.75) is 12.8 Å². The summed E-state index contributed by atoms with van der Waals surface area (Å²) in [6.07, 6.45) is 1.66. The molecule has 1 amide bonds. The number of rotatable bonds is 6. The number of nitrogens with zero attached hydrogens (tertiary/aromatic N) is 1. The fourth-order valence-corrected chi connectivity index (χ4v) is 2.04. The van der Waals surface area contributed by atoms with Crippen LogP contribution >= 0.6 is 0 Å². The van der Waals surface area contributed by atoms with Gasteiger partial charge in [-0.3, -0.25) is 4.79 Å². The number of aliphatic hydroxyl groups excluding tert-OH is 1. The highest BCUT2D eigenvalue weighted by atomic mass is 16.5. The number of aliphatic hydroxyl groups is 1. The molecule has 0 spiro atoms. The summed E-state index contributed by atoms with van der Waals surface area (Å²) in [5, 5.41) is 11.9. The first-order valence-corrected chi connectivity index (χ1v) is 6.56. The first-order valence-electron chi connectivity index (χ1n) is 6.56. The van der Waals surface area contributed by atoms with Crippen LogP contribution in [-0.2, 0) is 11.2 Å². The van der Waals surface area contributed by atoms with E-state index in [1.54, 1.807) is 11.9 Å². The van der Waals surface area contributed by atoms with Crippen LogP contribution in [0.15, 0.2) is 18.2 Å². The lowest BCUT2D eigenvalue weighted by molar-refractivity contribution is -0.120. The fourth-order valence-electron chi connectivity index (χ4n) is 2.04. The molecule has 0 aromatic heterocycles. The van der Waals surface area contributed by atoms with E-state index < -0.39 is 0 Å². The third-order valence-corrected chi connectivity index (χ3v) is 3.21. The van der Waals surface area contributed by atoms with Crippen molar-refractivity contribution in [1.29, 1.82) is 0 Å². The normalized spacial score (nSPS) is 14.2. The Balaban J connectivity index is 1.94. The van der Waals surface area contributed by atoms with Crippen LogP contribution in [0.25, 0.3) is 0 Å². The van der Waals surface area contributed by atoms with Gasteiger partial charge >= 0.3 is 0 Å². The van der Waals surface area contributed by atoms with Gasteiger partial charge in [0.2, 0.25) is 0 Å². The van der Waals surface area contributed by atoms with Gasteiger partial charge in [0.1, 0.15) is 5.75 Å². The van der Waals surface area contributed by atoms with Gasteiger partial charge < -0.3 is 20.1 Å². The number of likely N-dealkylation sites (N-methyl/N-ethyl adjacent to an activating group) is 1. The Morgan fingerprint density at radius 3 is 3.05 bits per heavy atom. The van der Waals surface area contributed by atoms with E-state index >= 15 is 0 Å². The molecule has 0 fully saturated rings. The molecule has 104 valence electrons. The van der Waals surface area contributed by atoms with E-state index in [0.717, 1.165) is 37.4 Å². The molecule has 5 nitrogen and oxygen atoms in total. The maximum Gasteiger partial charge on any atom is 0.264 e. The van der Waals surface area contributed by atoms with Crippen LogP contribution in [0, 0.1) is 0 Å². The molecule has 0 atom stereocenters. The minimum absolute atomic E-state index is 0.0225. The number of nitrogens with one attached hydrogen (secondary N) is 1. The van der Waals surface area contributed by atoms with E-state index in [1.807, 2.05) is 18.2 Å². The van der Waals surface area contributed by atoms with Crippen LogP contribution in [0.2, 0.25) is 0 Å². The minimum Gasteiger partial charge on any atom is -0.482 e. The Hall–Kier alpha value is -1.59. The van der Waals surface area contributed by atoms with E-state index in [4.69, 9.17) is 9.84 Å². The van der Waals surface area contributed by atoms with Crippen LogP contribution in [-0.4, -0.2) is 44.4 Å². The Bertz CT molecular complexity index is 448. The number of carbonyl (C=O) groups is 1. The minimum atomic E-state index is -0.0225. The maximum absolute atomic E-state index is 11.6. The van der Waals surface area contributed by atoms with Crippen molar-refractivity contribution in [3.8, 4) is 5.75 Å². The molecule has 1 aromatic rings. The van der Waals surface area contributed by atoms with Crippen molar-refractivity contribution in [1.82, 2.24) is 5.32 Å². The molecule has 0 unspecified atom stereocenters. The largest absolute Gasteiger partial charge is 0.482 e. The highest BCUT2D eigenvalue weighted by Crippen LogP contribution is 2.31. The second kappa shape index (κ2) is 6.54. The van der Waals surface area contributed by atoms with E-state index in [0.29, 0.717) is 0 Å². The van der Waals surface area contributed by atoms with Crippen LogP contribution in [0.4, 0.5) is 5.69 Å². The standard InChI is InChI=1S/C14H20N2O3/c1-16-12-9-11(5-7-15-6-2-8-17)3-4-13(12)19-10-14(16)18/h3-4,9,15,17H,2,5-8,10H2,1H3. The summed E-state index contributed by atoms with van der Waals surface area (Å²) in [5.41, 5.74) is 2.00. The topological polar surface area (TPSA) is 61.8 Å². The monoisotopic (exact) mass is 264 g/mol. The van der Waals surface area contributed by atoms with E-state index in [1.165, 1.54) is 5.56 Å². The average molecular weight is 264 g/mol. The quantitative estimate of drug-likeness (QED) is 0.737. The average Bonchev–Trinajstić information content (AvgIpc) is 2.43. The van der Waals surface area contributed by atoms with E-state index in [9.17, 15) is 4.79 Å². The lowest BCUT2D eigenvalue weighted by atomic mass is 10.1. The van der Waals surface area contributed by atoms with Crippen LogP contribution in [0.3, 0.4) is 0 Å². The van der Waals surface area contributed by atoms with Crippen molar-refractivity contribution >= 4 is 11.6 Å². The lowest BCUT2D eigenvalue weighted by Gasteiger charge is -2.26. The predicted octanol–water partition coefficient (Wildman–Crippen LogP) is 0.556. The maximum atomic E-state index is 11.6. The number of amides is 1. The summed E-state index contributed by atoms with van der Waals surface area (Å²) in [7, 11) is 1.77. The van der Waals surface area contributed by atoms with Gasteiger partial charge in [-0.05, 0) is 43.6 Å². The number of carbonyl (C=O) groups excluding carboxylic acids is 1. The summed E-state index contributed by atoms with van der Waals surface area (Å²) in [6, 6.07) is 5.94. The van der Waals surface area contributed by atoms with Gasteiger partial charge in [-0.25, -0.2) is 0 Å². The first kappa shape index (κ1) is 13.8. The number of anilines is 1. The molecule has 1 heterocycles. The van der Waals surface area contributed by atoms with Crippen molar-refractivity contribution in [2.75, 3.05) is 38.3 Å². The van der Waals surface area contributed by atoms with Crippen LogP contribution in [0.5, 0.6) is 5.75 Å². The molecular weight excluding hydrogens is 244 g/mol. The molecule has 0 aliphatic carbocycles. The molecule has 5 heteroatoms. The van der Waals surface area contributed by atoms with Crippen molar-refractivity contribution in [3.05, 3.63) is 23.8 Å². The summed E-state index contributed by atoms with van der Waals surface area (Å²) in [6.45, 7) is 2.02. The molecule has 1 aliphatic rings. The van der Waals surface area contributed by atoms with Gasteiger partial charge in [-0.1, -0.05) is 6.07 Å². The summed E-state index contributed by atoms with van der Waals surface area (Å²) in [5.74, 6) is 0.741. The number of fused-ring (bicyclic) bond motifs is 1. The van der Waals surface area contributed by atoms with Crippen molar-refractivity contribution in [3.63, 3.8) is 0 Å². The Morgan fingerprint density at radius 2 is 2.26 bits per heavy atom. The number of hydrogen-bond acceptors (Lipinski definition) is 4. The van der Waals surface area contributed by atoms with Gasteiger partial charge in [0.25, 0.3) is 5.91 Å². The lowest BCUT2D eigenvalue weighted by Crippen LogP contribution is -2.35. The SMILES string of the molecule is CN1C(=O)COc2ccc(CCNCCCO)cc21. The first-order chi connectivity index (χ1) is 9.22. The molecule has 0 bridgehead atoms. The highest BCUT2D eigenvalue weighted by Gasteiger charge is 2.21. The van der Waals surface area contributed by atoms with E-state index in [2.05, 4.69) is 5.32 Å². The zero-order valence-corrected chi connectivity index (χ0v) is 11.2. The Labute approximate surface area is 113 Å². The molecular formula is C14H20N2O3. The number of ether oxygens (including phenoxy) is 1. The van der Waals surface area contributed by atoms with Gasteiger partial charge in [-0.15, -0.1) is 0 Å². The fraction of sp³-hybridized carbons (Fsp3) is 0.500. The molecule has 2 rings (SSSR count). The molecule has 1 aromatic carbocycles. The molecule has 1 aliphatic heterocycles. The molecule has 0 saturated heterocycles. The van der Waals surface area contributed by atoms with E-state index in [-0.39, 0.29) is 19.1 Å². The summed E-state index contributed by atoms with van der Waals surface area (Å²) < 4.78 is 5.38. The third kappa shape index (κ3) is 3.45. The zero-order chi connectivity index (χ0) is 13.7. The second-order valence-corrected chi connectivity index (χ2v) is 4.62. The second-order valence-electron chi connectivity index (χ2n) is 4.62. The van der Waals surface area contributed by atoms with Crippen molar-refractivity contribution in [2.24, 2.45) is 0 Å². The van der Waals surface area contributed by atoms with Crippen LogP contribution in [0.1, 0.15) is 12.0 Å². The van der Waals surface area contributed by atoms with Crippen LogP contribution < -0.4 is 15.0 Å². The summed E-state index contributed by atoms with van der Waals surface area (Å²) in [4.78, 5) is 13.2. The molecule has 19 heavy (non-hydrogen) atoms. The molecule has 0 saturated carbocycles. The number of hydrogen-bond donors (Lipinski definition) is 2. The van der Waals surface area contributed by atoms with Gasteiger partial charge in [0, 0.05) is 13.7 Å². The zero-order valence-electron chi connectivity index (χ0n) is 11.2. The highest BCUT2D eigenvalue weighted by molar-refractivity contribution is 5.97. The Kier molecular flexibility index (Phi) is 4.76. The number of benzene rings is 1. The van der Waals surface area contributed by atoms with Gasteiger partial charge in [0.05, 0.1) is 5.69 Å². The van der Waals surface area contributed by atoms with Gasteiger partial charge in [-0.2, -0.15) is 0 Å². The van der Waals surface area contributed by atoms with Gasteiger partial charge in [0.15, 0.2) is 6.61 Å². The molecule has 2 N–H and O–H groups in total. The third-order valence-electron chi connectivity index (χ3n) is 3.21. The molecule has 0 radical (unpaired) electrons. The Morgan fingerprint density at radius 1 is 1.42 bits per heavy atom. The van der Waals surface area contributed by atoms with Crippen molar-refractivity contribution < 1.29 is 14.6 Å². The smallest absolute Gasteiger partial charge is 0.264 e. The predicted molar refractivity (Wildman–Crippen MR) is 73.6 cm³/mol.